The van der Waals surface area contributed by atoms with Crippen LogP contribution in [-0.4, -0.2) is 29.2 Å². The molecule has 0 spiro atoms. The van der Waals surface area contributed by atoms with E-state index in [2.05, 4.69) is 5.32 Å². The maximum atomic E-state index is 10.8. The minimum absolute atomic E-state index is 0.520. The van der Waals surface area contributed by atoms with Crippen LogP contribution < -0.4 is 5.32 Å². The number of hydrogen-bond donors (Lipinski definition) is 3. The fourth-order valence-corrected chi connectivity index (χ4v) is 0.459. The third kappa shape index (κ3) is 4.21. The van der Waals surface area contributed by atoms with Crippen molar-refractivity contribution in [2.24, 2.45) is 0 Å². The highest BCUT2D eigenvalue weighted by atomic mass is 16.4. The Morgan fingerprint density at radius 1 is 1.58 bits per heavy atom. The molecule has 5 nitrogen and oxygen atoms in total. The Hall–Kier alpha value is -1.65. The molecule has 12 heavy (non-hydrogen) atoms. The van der Waals surface area contributed by atoms with Crippen molar-refractivity contribution >= 4 is 18.1 Å². The highest BCUT2D eigenvalue weighted by Gasteiger charge is 2.11. The fraction of sp³-hybridized carbons (Fsp3) is 0.286. The number of amides is 1. The number of carboxylic acid groups (broad SMARTS) is 1. The quantitative estimate of drug-likeness (QED) is 0.402. The topological polar surface area (TPSA) is 90.3 Å². The van der Waals surface area contributed by atoms with E-state index in [1.165, 1.54) is 13.0 Å². The second-order valence-electron chi connectivity index (χ2n) is 2.09. The van der Waals surface area contributed by atoms with E-state index in [1.807, 2.05) is 0 Å². The van der Waals surface area contributed by atoms with Crippen LogP contribution in [0.15, 0.2) is 12.2 Å². The van der Waals surface area contributed by atoms with Crippen molar-refractivity contribution < 1.29 is 14.7 Å². The van der Waals surface area contributed by atoms with Crippen molar-refractivity contribution in [3.05, 3.63) is 12.2 Å². The predicted molar refractivity (Wildman–Crippen MR) is 43.2 cm³/mol. The Morgan fingerprint density at radius 2 is 2.17 bits per heavy atom. The van der Waals surface area contributed by atoms with Gasteiger partial charge in [-0.1, -0.05) is 0 Å². The lowest BCUT2D eigenvalue weighted by molar-refractivity contribution is -0.140. The lowest BCUT2D eigenvalue weighted by Gasteiger charge is -2.05. The molecule has 0 rings (SSSR count). The SMILES string of the molecule is CC(NC(=O)C=CC=N)C(=O)O. The lowest BCUT2D eigenvalue weighted by Crippen LogP contribution is -2.37. The van der Waals surface area contributed by atoms with Crippen LogP contribution in [-0.2, 0) is 9.59 Å². The zero-order valence-electron chi connectivity index (χ0n) is 6.57. The monoisotopic (exact) mass is 170 g/mol. The number of aliphatic carboxylic acids is 1. The van der Waals surface area contributed by atoms with Gasteiger partial charge < -0.3 is 15.8 Å². The van der Waals surface area contributed by atoms with Gasteiger partial charge in [-0.15, -0.1) is 0 Å². The van der Waals surface area contributed by atoms with Gasteiger partial charge in [0.1, 0.15) is 6.04 Å². The molecule has 0 aromatic rings. The van der Waals surface area contributed by atoms with E-state index in [0.29, 0.717) is 0 Å². The third-order valence-corrected chi connectivity index (χ3v) is 1.07. The minimum Gasteiger partial charge on any atom is -0.480 e. The Kier molecular flexibility index (Phi) is 4.36. The summed E-state index contributed by atoms with van der Waals surface area (Å²) in [4.78, 5) is 21.0. The maximum Gasteiger partial charge on any atom is 0.325 e. The maximum absolute atomic E-state index is 10.8. The molecule has 1 unspecified atom stereocenters. The van der Waals surface area contributed by atoms with Gasteiger partial charge in [0.2, 0.25) is 5.91 Å². The van der Waals surface area contributed by atoms with Crippen LogP contribution in [0.3, 0.4) is 0 Å². The van der Waals surface area contributed by atoms with Crippen LogP contribution in [0.1, 0.15) is 6.92 Å². The first-order valence-electron chi connectivity index (χ1n) is 3.28. The van der Waals surface area contributed by atoms with Crippen LogP contribution in [0.5, 0.6) is 0 Å². The van der Waals surface area contributed by atoms with Gasteiger partial charge in [0, 0.05) is 12.3 Å². The minimum atomic E-state index is -1.09. The average Bonchev–Trinajstić information content (AvgIpc) is 2.00. The average molecular weight is 170 g/mol. The summed E-state index contributed by atoms with van der Waals surface area (Å²) in [5.74, 6) is -1.61. The van der Waals surface area contributed by atoms with Gasteiger partial charge in [-0.3, -0.25) is 9.59 Å². The number of hydrogen-bond acceptors (Lipinski definition) is 3. The molecular weight excluding hydrogens is 160 g/mol. The Morgan fingerprint density at radius 3 is 2.58 bits per heavy atom. The lowest BCUT2D eigenvalue weighted by atomic mass is 10.3. The van der Waals surface area contributed by atoms with E-state index >= 15 is 0 Å². The summed E-state index contributed by atoms with van der Waals surface area (Å²) < 4.78 is 0. The van der Waals surface area contributed by atoms with Gasteiger partial charge in [-0.05, 0) is 13.0 Å². The van der Waals surface area contributed by atoms with Crippen molar-refractivity contribution in [3.8, 4) is 0 Å². The van der Waals surface area contributed by atoms with E-state index in [0.717, 1.165) is 12.3 Å². The number of nitrogens with one attached hydrogen (secondary N) is 2. The molecular formula is C7H10N2O3. The van der Waals surface area contributed by atoms with E-state index in [4.69, 9.17) is 10.5 Å². The van der Waals surface area contributed by atoms with Crippen molar-refractivity contribution in [1.29, 1.82) is 5.41 Å². The Bertz CT molecular complexity index is 223. The number of rotatable bonds is 4. The van der Waals surface area contributed by atoms with E-state index in [1.54, 1.807) is 0 Å². The van der Waals surface area contributed by atoms with Crippen LogP contribution in [0.25, 0.3) is 0 Å². The number of allylic oxidation sites excluding steroid dienone is 1. The molecule has 0 aromatic heterocycles. The number of carbonyl (C=O) groups excluding carboxylic acids is 1. The molecule has 0 saturated carbocycles. The zero-order valence-corrected chi connectivity index (χ0v) is 6.57. The molecule has 0 radical (unpaired) electrons. The molecule has 5 heteroatoms. The summed E-state index contributed by atoms with van der Waals surface area (Å²) in [5.41, 5.74) is 0. The van der Waals surface area contributed by atoms with Crippen molar-refractivity contribution in [2.75, 3.05) is 0 Å². The molecule has 0 aromatic carbocycles. The Labute approximate surface area is 69.6 Å². The van der Waals surface area contributed by atoms with Gasteiger partial charge in [-0.2, -0.15) is 0 Å². The van der Waals surface area contributed by atoms with Crippen molar-refractivity contribution in [2.45, 2.75) is 13.0 Å². The Balaban J connectivity index is 3.92. The highest BCUT2D eigenvalue weighted by Crippen LogP contribution is 1.81. The van der Waals surface area contributed by atoms with Crippen LogP contribution in [0, 0.1) is 5.41 Å². The predicted octanol–water partition coefficient (Wildman–Crippen LogP) is -0.219. The molecule has 0 fully saturated rings. The second kappa shape index (κ2) is 5.06. The van der Waals surface area contributed by atoms with Crippen LogP contribution in [0.4, 0.5) is 0 Å². The zero-order chi connectivity index (χ0) is 9.56. The second-order valence-corrected chi connectivity index (χ2v) is 2.09. The van der Waals surface area contributed by atoms with E-state index < -0.39 is 17.9 Å². The summed E-state index contributed by atoms with van der Waals surface area (Å²) >= 11 is 0. The highest BCUT2D eigenvalue weighted by molar-refractivity contribution is 5.93. The molecule has 0 bridgehead atoms. The van der Waals surface area contributed by atoms with Crippen LogP contribution >= 0.6 is 0 Å². The first-order chi connectivity index (χ1) is 5.57. The van der Waals surface area contributed by atoms with Gasteiger partial charge in [-0.25, -0.2) is 0 Å². The van der Waals surface area contributed by atoms with Gasteiger partial charge in [0.05, 0.1) is 0 Å². The molecule has 1 amide bonds. The molecule has 0 aliphatic carbocycles. The van der Waals surface area contributed by atoms with Gasteiger partial charge in [0.25, 0.3) is 0 Å². The van der Waals surface area contributed by atoms with Crippen molar-refractivity contribution in [3.63, 3.8) is 0 Å². The standard InChI is InChI=1S/C7H10N2O3/c1-5(7(11)12)9-6(10)3-2-4-8/h2-5,8H,1H3,(H,9,10)(H,11,12). The third-order valence-electron chi connectivity index (χ3n) is 1.07. The largest absolute Gasteiger partial charge is 0.480 e. The fourth-order valence-electron chi connectivity index (χ4n) is 0.459. The molecule has 3 N–H and O–H groups in total. The molecule has 0 aliphatic heterocycles. The van der Waals surface area contributed by atoms with Crippen molar-refractivity contribution in [1.82, 2.24) is 5.32 Å². The smallest absolute Gasteiger partial charge is 0.325 e. The number of carbonyl (C=O) groups is 2. The van der Waals surface area contributed by atoms with E-state index in [-0.39, 0.29) is 0 Å². The molecule has 66 valence electrons. The summed E-state index contributed by atoms with van der Waals surface area (Å²) in [6.45, 7) is 1.36. The molecule has 0 heterocycles. The van der Waals surface area contributed by atoms with Crippen LogP contribution in [0.2, 0.25) is 0 Å². The summed E-state index contributed by atoms with van der Waals surface area (Å²) in [6, 6.07) is -0.909. The summed E-state index contributed by atoms with van der Waals surface area (Å²) in [5, 5.41) is 17.1. The van der Waals surface area contributed by atoms with Gasteiger partial charge in [0.15, 0.2) is 0 Å². The normalized spacial score (nSPS) is 12.4. The molecule has 0 saturated heterocycles. The number of carboxylic acids is 1. The first-order valence-corrected chi connectivity index (χ1v) is 3.28. The van der Waals surface area contributed by atoms with E-state index in [9.17, 15) is 9.59 Å². The summed E-state index contributed by atoms with van der Waals surface area (Å²) in [7, 11) is 0. The molecule has 1 atom stereocenters. The first kappa shape index (κ1) is 10.3. The summed E-state index contributed by atoms with van der Waals surface area (Å²) in [6.07, 6.45) is 3.24. The molecule has 0 aliphatic rings. The van der Waals surface area contributed by atoms with Gasteiger partial charge >= 0.3 is 5.97 Å².